The number of nitrogens with one attached hydrogen (secondary N) is 1. The first-order chi connectivity index (χ1) is 8.42. The third kappa shape index (κ3) is 5.26. The Bertz CT molecular complexity index is 496. The lowest BCUT2D eigenvalue weighted by molar-refractivity contribution is 0.0600. The fourth-order valence-corrected chi connectivity index (χ4v) is 1.75. The van der Waals surface area contributed by atoms with Gasteiger partial charge in [-0.25, -0.2) is 18.4 Å². The molecule has 0 unspecified atom stereocenters. The van der Waals surface area contributed by atoms with Crippen LogP contribution in [0.5, 0.6) is 0 Å². The molecular weight excluding hydrogens is 256 g/mol. The SMILES string of the molecule is COC(=O)c1ccc(CNCCS(N)(=O)=O)cc1. The van der Waals surface area contributed by atoms with Crippen LogP contribution in [0.1, 0.15) is 15.9 Å². The smallest absolute Gasteiger partial charge is 0.337 e. The second kappa shape index (κ2) is 6.48. The molecule has 1 aromatic rings. The van der Waals surface area contributed by atoms with Crippen molar-refractivity contribution in [2.24, 2.45) is 5.14 Å². The van der Waals surface area contributed by atoms with E-state index in [1.165, 1.54) is 7.11 Å². The molecule has 0 spiro atoms. The number of hydrogen-bond donors (Lipinski definition) is 2. The molecule has 1 rings (SSSR count). The lowest BCUT2D eigenvalue weighted by Gasteiger charge is -2.05. The molecule has 7 heteroatoms. The number of esters is 1. The standard InChI is InChI=1S/C11H16N2O4S/c1-17-11(14)10-4-2-9(3-5-10)8-13-6-7-18(12,15)16/h2-5,13H,6-8H2,1H3,(H2,12,15,16). The van der Waals surface area contributed by atoms with Crippen LogP contribution in [0.4, 0.5) is 0 Å². The van der Waals surface area contributed by atoms with Crippen LogP contribution in [-0.4, -0.2) is 33.8 Å². The molecule has 0 aromatic heterocycles. The van der Waals surface area contributed by atoms with Gasteiger partial charge in [0.25, 0.3) is 0 Å². The van der Waals surface area contributed by atoms with Gasteiger partial charge in [0.1, 0.15) is 0 Å². The fourth-order valence-electron chi connectivity index (χ4n) is 1.32. The Balaban J connectivity index is 2.42. The summed E-state index contributed by atoms with van der Waals surface area (Å²) in [5.41, 5.74) is 1.42. The highest BCUT2D eigenvalue weighted by atomic mass is 32.2. The van der Waals surface area contributed by atoms with E-state index in [0.717, 1.165) is 5.56 Å². The summed E-state index contributed by atoms with van der Waals surface area (Å²) in [6.45, 7) is 0.800. The van der Waals surface area contributed by atoms with Gasteiger partial charge in [-0.3, -0.25) is 0 Å². The zero-order chi connectivity index (χ0) is 13.6. The molecule has 0 fully saturated rings. The number of methoxy groups -OCH3 is 1. The first kappa shape index (κ1) is 14.6. The van der Waals surface area contributed by atoms with Crippen molar-refractivity contribution in [2.75, 3.05) is 19.4 Å². The van der Waals surface area contributed by atoms with E-state index in [0.29, 0.717) is 12.1 Å². The van der Waals surface area contributed by atoms with Crippen molar-refractivity contribution in [3.05, 3.63) is 35.4 Å². The Kier molecular flexibility index (Phi) is 5.26. The maximum absolute atomic E-state index is 11.2. The zero-order valence-corrected chi connectivity index (χ0v) is 10.9. The summed E-state index contributed by atoms with van der Waals surface area (Å²) in [6, 6.07) is 6.86. The molecule has 1 aromatic carbocycles. The molecule has 0 bridgehead atoms. The van der Waals surface area contributed by atoms with Crippen LogP contribution in [0.25, 0.3) is 0 Å². The van der Waals surface area contributed by atoms with Crippen LogP contribution in [0, 0.1) is 0 Å². The predicted octanol–water partition coefficient (Wildman–Crippen LogP) is -0.149. The van der Waals surface area contributed by atoms with Crippen LogP contribution in [0.3, 0.4) is 0 Å². The third-order valence-corrected chi connectivity index (χ3v) is 3.04. The molecule has 0 saturated carbocycles. The van der Waals surface area contributed by atoms with E-state index in [1.54, 1.807) is 24.3 Å². The van der Waals surface area contributed by atoms with E-state index in [1.807, 2.05) is 0 Å². The third-order valence-electron chi connectivity index (χ3n) is 2.27. The van der Waals surface area contributed by atoms with Gasteiger partial charge in [-0.05, 0) is 17.7 Å². The van der Waals surface area contributed by atoms with Crippen LogP contribution >= 0.6 is 0 Å². The van der Waals surface area contributed by atoms with Crippen molar-refractivity contribution in [1.82, 2.24) is 5.32 Å². The average molecular weight is 272 g/mol. The maximum atomic E-state index is 11.2. The molecule has 0 aliphatic carbocycles. The minimum absolute atomic E-state index is 0.104. The second-order valence-electron chi connectivity index (χ2n) is 3.73. The Labute approximate surface area is 106 Å². The number of rotatable bonds is 6. The summed E-state index contributed by atoms with van der Waals surface area (Å²) < 4.78 is 25.9. The number of benzene rings is 1. The summed E-state index contributed by atoms with van der Waals surface area (Å²) in [6.07, 6.45) is 0. The Morgan fingerprint density at radius 2 is 1.94 bits per heavy atom. The lowest BCUT2D eigenvalue weighted by atomic mass is 10.1. The largest absolute Gasteiger partial charge is 0.465 e. The number of hydrogen-bond acceptors (Lipinski definition) is 5. The molecule has 0 aliphatic heterocycles. The Morgan fingerprint density at radius 3 is 2.44 bits per heavy atom. The summed E-state index contributed by atoms with van der Waals surface area (Å²) in [4.78, 5) is 11.2. The summed E-state index contributed by atoms with van der Waals surface area (Å²) in [5.74, 6) is -0.489. The zero-order valence-electron chi connectivity index (χ0n) is 10.0. The van der Waals surface area contributed by atoms with Gasteiger partial charge in [-0.15, -0.1) is 0 Å². The van der Waals surface area contributed by atoms with Crippen LogP contribution in [0.2, 0.25) is 0 Å². The molecular formula is C11H16N2O4S. The van der Waals surface area contributed by atoms with Gasteiger partial charge in [0, 0.05) is 13.1 Å². The molecule has 3 N–H and O–H groups in total. The summed E-state index contributed by atoms with van der Waals surface area (Å²) in [5, 5.41) is 7.81. The van der Waals surface area contributed by atoms with Crippen molar-refractivity contribution >= 4 is 16.0 Å². The minimum Gasteiger partial charge on any atom is -0.465 e. The quantitative estimate of drug-likeness (QED) is 0.554. The van der Waals surface area contributed by atoms with Gasteiger partial charge < -0.3 is 10.1 Å². The van der Waals surface area contributed by atoms with Crippen LogP contribution in [-0.2, 0) is 21.3 Å². The number of primary sulfonamides is 1. The van der Waals surface area contributed by atoms with E-state index in [-0.39, 0.29) is 18.3 Å². The van der Waals surface area contributed by atoms with Crippen molar-refractivity contribution in [2.45, 2.75) is 6.54 Å². The maximum Gasteiger partial charge on any atom is 0.337 e. The van der Waals surface area contributed by atoms with Gasteiger partial charge in [0.2, 0.25) is 10.0 Å². The van der Waals surface area contributed by atoms with Crippen molar-refractivity contribution in [3.63, 3.8) is 0 Å². The molecule has 0 radical (unpaired) electrons. The number of nitrogens with two attached hydrogens (primary N) is 1. The van der Waals surface area contributed by atoms with Gasteiger partial charge in [0.05, 0.1) is 18.4 Å². The van der Waals surface area contributed by atoms with Crippen molar-refractivity contribution < 1.29 is 17.9 Å². The molecule has 0 aliphatic rings. The molecule has 0 heterocycles. The predicted molar refractivity (Wildman–Crippen MR) is 67.5 cm³/mol. The highest BCUT2D eigenvalue weighted by Crippen LogP contribution is 2.05. The van der Waals surface area contributed by atoms with Crippen LogP contribution in [0.15, 0.2) is 24.3 Å². The highest BCUT2D eigenvalue weighted by Gasteiger charge is 2.04. The van der Waals surface area contributed by atoms with Gasteiger partial charge in [0.15, 0.2) is 0 Å². The first-order valence-electron chi connectivity index (χ1n) is 5.31. The monoisotopic (exact) mass is 272 g/mol. The van der Waals surface area contributed by atoms with Crippen LogP contribution < -0.4 is 10.5 Å². The van der Waals surface area contributed by atoms with E-state index >= 15 is 0 Å². The molecule has 0 atom stereocenters. The fraction of sp³-hybridized carbons (Fsp3) is 0.364. The summed E-state index contributed by atoms with van der Waals surface area (Å²) >= 11 is 0. The summed E-state index contributed by atoms with van der Waals surface area (Å²) in [7, 11) is -2.10. The average Bonchev–Trinajstić information content (AvgIpc) is 2.33. The normalized spacial score (nSPS) is 11.2. The number of ether oxygens (including phenoxy) is 1. The van der Waals surface area contributed by atoms with Crippen molar-refractivity contribution in [1.29, 1.82) is 0 Å². The second-order valence-corrected chi connectivity index (χ2v) is 5.47. The molecule has 6 nitrogen and oxygen atoms in total. The van der Waals surface area contributed by atoms with Crippen molar-refractivity contribution in [3.8, 4) is 0 Å². The Morgan fingerprint density at radius 1 is 1.33 bits per heavy atom. The highest BCUT2D eigenvalue weighted by molar-refractivity contribution is 7.89. The number of sulfonamides is 1. The van der Waals surface area contributed by atoms with E-state index in [4.69, 9.17) is 5.14 Å². The molecule has 18 heavy (non-hydrogen) atoms. The topological polar surface area (TPSA) is 98.5 Å². The Hall–Kier alpha value is -1.44. The first-order valence-corrected chi connectivity index (χ1v) is 7.02. The minimum atomic E-state index is -3.42. The van der Waals surface area contributed by atoms with E-state index in [2.05, 4.69) is 10.1 Å². The lowest BCUT2D eigenvalue weighted by Crippen LogP contribution is -2.26. The van der Waals surface area contributed by atoms with Gasteiger partial charge in [-0.2, -0.15) is 0 Å². The van der Waals surface area contributed by atoms with E-state index < -0.39 is 10.0 Å². The molecule has 0 amide bonds. The molecule has 100 valence electrons. The van der Waals surface area contributed by atoms with Gasteiger partial charge >= 0.3 is 5.97 Å². The number of carbonyl (C=O) groups excluding carboxylic acids is 1. The number of carbonyl (C=O) groups is 1. The van der Waals surface area contributed by atoms with E-state index in [9.17, 15) is 13.2 Å². The van der Waals surface area contributed by atoms with Gasteiger partial charge in [-0.1, -0.05) is 12.1 Å². The molecule has 0 saturated heterocycles.